The lowest BCUT2D eigenvalue weighted by Crippen LogP contribution is -2.60. The number of benzene rings is 1. The fourth-order valence-electron chi connectivity index (χ4n) is 4.82. The van der Waals surface area contributed by atoms with Gasteiger partial charge in [0.05, 0.1) is 28.6 Å². The van der Waals surface area contributed by atoms with Crippen molar-refractivity contribution in [3.8, 4) is 0 Å². The summed E-state index contributed by atoms with van der Waals surface area (Å²) in [4.78, 5) is 22.9. The molecule has 2 saturated heterocycles. The second-order valence-corrected chi connectivity index (χ2v) is 10.3. The minimum absolute atomic E-state index is 0.116. The quantitative estimate of drug-likeness (QED) is 0.656. The third-order valence-electron chi connectivity index (χ3n) is 6.69. The van der Waals surface area contributed by atoms with Crippen LogP contribution in [0, 0.1) is 0 Å². The molecule has 9 nitrogen and oxygen atoms in total. The molecule has 1 aromatic carbocycles. The number of aliphatic hydroxyl groups excluding tert-OH is 1. The fourth-order valence-corrected chi connectivity index (χ4v) is 6.83. The Bertz CT molecular complexity index is 1030. The van der Waals surface area contributed by atoms with Crippen molar-refractivity contribution in [2.24, 2.45) is 0 Å². The molecule has 2 unspecified atom stereocenters. The molecule has 10 heteroatoms. The first-order valence-corrected chi connectivity index (χ1v) is 11.8. The van der Waals surface area contributed by atoms with E-state index in [9.17, 15) is 18.3 Å². The minimum Gasteiger partial charge on any atom is -0.377 e. The molecule has 2 fully saturated rings. The molecule has 2 aliphatic heterocycles. The monoisotopic (exact) mass is 447 g/mol. The van der Waals surface area contributed by atoms with Gasteiger partial charge in [0.25, 0.3) is 0 Å². The zero-order valence-electron chi connectivity index (χ0n) is 18.0. The summed E-state index contributed by atoms with van der Waals surface area (Å²) >= 11 is 0. The molecular formula is C21H29N5O4S. The van der Waals surface area contributed by atoms with Gasteiger partial charge in [0, 0.05) is 31.3 Å². The fraction of sp³-hybridized carbons (Fsp3) is 0.524. The Hall–Kier alpha value is -2.11. The zero-order chi connectivity index (χ0) is 22.4. The van der Waals surface area contributed by atoms with Crippen molar-refractivity contribution in [1.29, 1.82) is 0 Å². The smallest absolute Gasteiger partial charge is 0.245 e. The summed E-state index contributed by atoms with van der Waals surface area (Å²) in [6.45, 7) is 2.89. The predicted octanol–water partition coefficient (Wildman–Crippen LogP) is 0.900. The van der Waals surface area contributed by atoms with Crippen molar-refractivity contribution >= 4 is 15.8 Å². The zero-order valence-corrected chi connectivity index (χ0v) is 18.8. The van der Waals surface area contributed by atoms with E-state index in [1.54, 1.807) is 24.5 Å². The van der Waals surface area contributed by atoms with Crippen LogP contribution in [-0.2, 0) is 16.4 Å². The number of aliphatic hydroxyl groups is 1. The van der Waals surface area contributed by atoms with Gasteiger partial charge in [-0.2, -0.15) is 4.31 Å². The number of carbonyl (C=O) groups is 1. The van der Waals surface area contributed by atoms with Crippen molar-refractivity contribution in [1.82, 2.24) is 24.1 Å². The molecule has 0 aliphatic carbocycles. The van der Waals surface area contributed by atoms with Crippen LogP contribution in [0.1, 0.15) is 35.8 Å². The molecule has 1 spiro atoms. The average Bonchev–Trinajstić information content (AvgIpc) is 3.33. The molecule has 2 N–H and O–H groups in total. The van der Waals surface area contributed by atoms with Crippen molar-refractivity contribution in [2.75, 3.05) is 27.2 Å². The number of hydrogen-bond acceptors (Lipinski definition) is 7. The van der Waals surface area contributed by atoms with Gasteiger partial charge < -0.3 is 15.0 Å². The van der Waals surface area contributed by atoms with Crippen LogP contribution in [0.4, 0.5) is 0 Å². The summed E-state index contributed by atoms with van der Waals surface area (Å²) in [5, 5.41) is 11.2. The number of likely N-dealkylation sites (tertiary alicyclic amines) is 1. The number of imidazole rings is 1. The van der Waals surface area contributed by atoms with Gasteiger partial charge in [-0.3, -0.25) is 9.69 Å². The van der Waals surface area contributed by atoms with Crippen LogP contribution in [0.3, 0.4) is 0 Å². The highest BCUT2D eigenvalue weighted by Gasteiger charge is 2.60. The van der Waals surface area contributed by atoms with E-state index in [1.165, 1.54) is 35.5 Å². The van der Waals surface area contributed by atoms with Crippen LogP contribution in [0.2, 0.25) is 0 Å². The molecule has 0 bridgehead atoms. The first-order valence-electron chi connectivity index (χ1n) is 10.4. The molecule has 2 aliphatic rings. The van der Waals surface area contributed by atoms with Crippen molar-refractivity contribution < 1.29 is 18.3 Å². The maximum atomic E-state index is 14.0. The first kappa shape index (κ1) is 22.1. The van der Waals surface area contributed by atoms with E-state index in [0.29, 0.717) is 24.1 Å². The van der Waals surface area contributed by atoms with Crippen LogP contribution >= 0.6 is 0 Å². The first-order chi connectivity index (χ1) is 14.7. The number of aromatic amines is 1. The summed E-state index contributed by atoms with van der Waals surface area (Å²) in [7, 11) is -0.155. The number of nitrogens with one attached hydrogen (secondary N) is 1. The van der Waals surface area contributed by atoms with Crippen LogP contribution in [0.15, 0.2) is 41.7 Å². The third kappa shape index (κ3) is 3.72. The van der Waals surface area contributed by atoms with Crippen molar-refractivity contribution in [3.63, 3.8) is 0 Å². The highest BCUT2D eigenvalue weighted by atomic mass is 32.2. The van der Waals surface area contributed by atoms with Gasteiger partial charge in [0.2, 0.25) is 10.0 Å². The van der Waals surface area contributed by atoms with E-state index in [2.05, 4.69) is 14.9 Å². The number of likely N-dealkylation sites (N-methyl/N-ethyl adjacent to an activating group) is 1. The Labute approximate surface area is 182 Å². The largest absolute Gasteiger partial charge is 0.377 e. The molecule has 2 aromatic rings. The Balaban J connectivity index is 1.80. The molecule has 2 atom stereocenters. The molecule has 168 valence electrons. The molecule has 31 heavy (non-hydrogen) atoms. The number of ketones is 1. The number of nitrogens with zero attached hydrogens (tertiary/aromatic N) is 4. The van der Waals surface area contributed by atoms with Gasteiger partial charge >= 0.3 is 0 Å². The van der Waals surface area contributed by atoms with Crippen molar-refractivity contribution in [2.45, 2.75) is 49.0 Å². The second-order valence-electron chi connectivity index (χ2n) is 8.52. The van der Waals surface area contributed by atoms with Gasteiger partial charge in [-0.05, 0) is 46.0 Å². The average molecular weight is 448 g/mol. The van der Waals surface area contributed by atoms with Crippen LogP contribution in [-0.4, -0.2) is 88.5 Å². The predicted molar refractivity (Wildman–Crippen MR) is 115 cm³/mol. The number of hydrogen-bond donors (Lipinski definition) is 2. The topological polar surface area (TPSA) is 110 Å². The van der Waals surface area contributed by atoms with Crippen LogP contribution in [0.5, 0.6) is 0 Å². The van der Waals surface area contributed by atoms with E-state index in [4.69, 9.17) is 0 Å². The normalized spacial score (nSPS) is 25.3. The number of H-pyrrole nitrogens is 1. The SMILES string of the molecule is CC(=O)c1ccc(S(=O)(=O)N2C(Cc3c[nH]cn3)C(O)N(C)C23CCN(C)CC3)cc1. The molecule has 4 rings (SSSR count). The second kappa shape index (κ2) is 8.10. The highest BCUT2D eigenvalue weighted by Crippen LogP contribution is 2.45. The minimum atomic E-state index is -3.96. The Kier molecular flexibility index (Phi) is 5.78. The van der Waals surface area contributed by atoms with Crippen LogP contribution < -0.4 is 0 Å². The number of piperidine rings is 1. The standard InChI is InChI=1S/C21H29N5O4S/c1-15(27)16-4-6-18(7-5-16)31(29,30)26-19(12-17-13-22-14-23-17)20(28)25(3)21(26)8-10-24(2)11-9-21/h4-7,13-14,19-20,28H,8-12H2,1-3H3,(H,22,23). The van der Waals surface area contributed by atoms with Gasteiger partial charge in [0.1, 0.15) is 6.23 Å². The summed E-state index contributed by atoms with van der Waals surface area (Å²) in [6, 6.07) is 5.34. The Morgan fingerprint density at radius 1 is 1.23 bits per heavy atom. The van der Waals surface area contributed by atoms with Gasteiger partial charge in [0.15, 0.2) is 5.78 Å². The molecule has 0 radical (unpaired) electrons. The van der Waals surface area contributed by atoms with Gasteiger partial charge in [-0.1, -0.05) is 12.1 Å². The summed E-state index contributed by atoms with van der Waals surface area (Å²) in [5.74, 6) is -0.122. The van der Waals surface area contributed by atoms with E-state index in [0.717, 1.165) is 13.1 Å². The Morgan fingerprint density at radius 3 is 2.42 bits per heavy atom. The van der Waals surface area contributed by atoms with Crippen LogP contribution in [0.25, 0.3) is 0 Å². The molecule has 1 aromatic heterocycles. The highest BCUT2D eigenvalue weighted by molar-refractivity contribution is 7.89. The lowest BCUT2D eigenvalue weighted by Gasteiger charge is -2.47. The Morgan fingerprint density at radius 2 is 1.87 bits per heavy atom. The lowest BCUT2D eigenvalue weighted by molar-refractivity contribution is -0.0407. The van der Waals surface area contributed by atoms with Crippen molar-refractivity contribution in [3.05, 3.63) is 48.0 Å². The molecular weight excluding hydrogens is 418 g/mol. The lowest BCUT2D eigenvalue weighted by atomic mass is 9.96. The van der Waals surface area contributed by atoms with E-state index >= 15 is 0 Å². The molecule has 0 amide bonds. The molecule has 0 saturated carbocycles. The molecule has 3 heterocycles. The van der Waals surface area contributed by atoms with Gasteiger partial charge in [-0.15, -0.1) is 0 Å². The van der Waals surface area contributed by atoms with E-state index in [1.807, 2.05) is 7.05 Å². The third-order valence-corrected chi connectivity index (χ3v) is 8.68. The maximum Gasteiger partial charge on any atom is 0.245 e. The van der Waals surface area contributed by atoms with Gasteiger partial charge in [-0.25, -0.2) is 13.4 Å². The number of rotatable bonds is 5. The number of Topliss-reactive ketones (excluding diaryl/α,β-unsaturated/α-hetero) is 1. The number of carbonyl (C=O) groups excluding carboxylic acids is 1. The number of sulfonamides is 1. The van der Waals surface area contributed by atoms with E-state index in [-0.39, 0.29) is 17.1 Å². The summed E-state index contributed by atoms with van der Waals surface area (Å²) in [6.07, 6.45) is 3.75. The summed E-state index contributed by atoms with van der Waals surface area (Å²) in [5.41, 5.74) is 0.319. The maximum absolute atomic E-state index is 14.0. The number of aromatic nitrogens is 2. The van der Waals surface area contributed by atoms with E-state index < -0.39 is 28.0 Å². The summed E-state index contributed by atoms with van der Waals surface area (Å²) < 4.78 is 29.4.